The van der Waals surface area contributed by atoms with Crippen molar-refractivity contribution in [2.75, 3.05) is 0 Å². The fourth-order valence-electron chi connectivity index (χ4n) is 4.37. The van der Waals surface area contributed by atoms with E-state index in [-0.39, 0.29) is 5.03 Å². The van der Waals surface area contributed by atoms with E-state index in [9.17, 15) is 8.42 Å². The van der Waals surface area contributed by atoms with Gasteiger partial charge in [-0.05, 0) is 25.0 Å². The number of hydrogen-bond acceptors (Lipinski definition) is 2. The molecule has 4 rings (SSSR count). The summed E-state index contributed by atoms with van der Waals surface area (Å²) in [6.07, 6.45) is 0. The molecule has 2 bridgehead atoms. The van der Waals surface area contributed by atoms with Gasteiger partial charge in [0.05, 0.1) is 5.03 Å². The van der Waals surface area contributed by atoms with Crippen LogP contribution in [0.1, 0.15) is 36.8 Å². The van der Waals surface area contributed by atoms with Crippen LogP contribution in [0.15, 0.2) is 44.8 Å². The summed E-state index contributed by atoms with van der Waals surface area (Å²) in [6.45, 7) is 3.88. The van der Waals surface area contributed by atoms with E-state index in [0.717, 1.165) is 22.3 Å². The molecule has 1 aromatic rings. The third-order valence-corrected chi connectivity index (χ3v) is 10.8. The summed E-state index contributed by atoms with van der Waals surface area (Å²) < 4.78 is 23.7. The summed E-state index contributed by atoms with van der Waals surface area (Å²) in [5, 5.41) is -0.0726. The van der Waals surface area contributed by atoms with Crippen molar-refractivity contribution in [3.8, 4) is 0 Å². The average Bonchev–Trinajstić information content (AvgIpc) is 2.99. The highest BCUT2D eigenvalue weighted by atomic mass is 35.5. The Morgan fingerprint density at radius 3 is 2.09 bits per heavy atom. The predicted octanol–water partition coefficient (Wildman–Crippen LogP) is 5.21. The quantitative estimate of drug-likeness (QED) is 0.435. The molecule has 122 valence electrons. The molecule has 0 unspecified atom stereocenters. The highest BCUT2D eigenvalue weighted by molar-refractivity contribution is 8.00. The van der Waals surface area contributed by atoms with Gasteiger partial charge in [-0.15, -0.1) is 11.6 Å². The van der Waals surface area contributed by atoms with Gasteiger partial charge < -0.3 is 0 Å². The van der Waals surface area contributed by atoms with Crippen LogP contribution in [0, 0.1) is 0 Å². The Morgan fingerprint density at radius 1 is 1.04 bits per heavy atom. The summed E-state index contributed by atoms with van der Waals surface area (Å²) in [5.74, 6) is -0.950. The lowest BCUT2D eigenvalue weighted by Crippen LogP contribution is -2.50. The molecule has 1 aromatic carbocycles. The lowest BCUT2D eigenvalue weighted by atomic mass is 9.82. The molecule has 1 heterocycles. The van der Waals surface area contributed by atoms with Gasteiger partial charge in [0.2, 0.25) is 9.84 Å². The third-order valence-electron chi connectivity index (χ3n) is 5.20. The molecule has 0 radical (unpaired) electrons. The monoisotopic (exact) mass is 408 g/mol. The van der Waals surface area contributed by atoms with Crippen LogP contribution in [0.2, 0.25) is 0 Å². The first-order valence-electron chi connectivity index (χ1n) is 7.06. The van der Waals surface area contributed by atoms with Crippen molar-refractivity contribution in [2.24, 2.45) is 0 Å². The van der Waals surface area contributed by atoms with Crippen LogP contribution in [0.25, 0.3) is 0 Å². The maximum atomic E-state index is 13.0. The minimum absolute atomic E-state index is 0.0726. The lowest BCUT2D eigenvalue weighted by molar-refractivity contribution is 0.530. The molecule has 2 nitrogen and oxygen atoms in total. The Labute approximate surface area is 155 Å². The fourth-order valence-corrected chi connectivity index (χ4v) is 9.02. The number of sulfone groups is 1. The molecule has 1 aliphatic heterocycles. The SMILES string of the molecule is CC(C)=C1[C@H]2c3ccccc3[C@H]1[C@]1(Cl)[C@@]2(Cl)C(Cl)=C(Cl)S1(=O)=O. The van der Waals surface area contributed by atoms with Crippen LogP contribution in [0.4, 0.5) is 0 Å². The second-order valence-corrected chi connectivity index (χ2v) is 10.9. The third kappa shape index (κ3) is 1.45. The van der Waals surface area contributed by atoms with Gasteiger partial charge in [-0.2, -0.15) is 0 Å². The maximum Gasteiger partial charge on any atom is 0.213 e. The molecule has 0 amide bonds. The molecule has 0 spiro atoms. The van der Waals surface area contributed by atoms with E-state index >= 15 is 0 Å². The summed E-state index contributed by atoms with van der Waals surface area (Å²) in [4.78, 5) is -1.47. The fraction of sp³-hybridized carbons (Fsp3) is 0.375. The number of alkyl halides is 2. The molecule has 0 N–H and O–H groups in total. The van der Waals surface area contributed by atoms with Crippen molar-refractivity contribution >= 4 is 56.2 Å². The standard InChI is InChI=1S/C16H12Cl4O2S/c1-7(2)10-11-8-5-3-4-6-9(8)12(10)16(20)15(11,19)13(17)14(18)23(16,21)22/h3-6,11-12H,1-2H3/t11-,12-,15+,16-/m1/s1. The summed E-state index contributed by atoms with van der Waals surface area (Å²) in [6, 6.07) is 7.63. The van der Waals surface area contributed by atoms with Crippen molar-refractivity contribution in [3.05, 3.63) is 55.9 Å². The van der Waals surface area contributed by atoms with Gasteiger partial charge in [-0.25, -0.2) is 8.42 Å². The van der Waals surface area contributed by atoms with Crippen molar-refractivity contribution in [3.63, 3.8) is 0 Å². The van der Waals surface area contributed by atoms with Gasteiger partial charge in [-0.1, -0.05) is 70.2 Å². The molecular weight excluding hydrogens is 398 g/mol. The zero-order valence-electron chi connectivity index (χ0n) is 12.2. The van der Waals surface area contributed by atoms with Crippen LogP contribution >= 0.6 is 46.4 Å². The van der Waals surface area contributed by atoms with Crippen LogP contribution < -0.4 is 0 Å². The molecule has 3 aliphatic rings. The number of allylic oxidation sites excluding steroid dienone is 3. The molecule has 0 aromatic heterocycles. The second kappa shape index (κ2) is 4.50. The lowest BCUT2D eigenvalue weighted by Gasteiger charge is -2.39. The second-order valence-electron chi connectivity index (χ2n) is 6.40. The van der Waals surface area contributed by atoms with Gasteiger partial charge in [0.1, 0.15) is 4.87 Å². The minimum Gasteiger partial charge on any atom is -0.221 e. The van der Waals surface area contributed by atoms with Crippen molar-refractivity contribution in [1.82, 2.24) is 0 Å². The number of halogens is 4. The maximum absolute atomic E-state index is 13.0. The molecular formula is C16H12Cl4O2S. The highest BCUT2D eigenvalue weighted by Gasteiger charge is 2.81. The Morgan fingerprint density at radius 2 is 1.57 bits per heavy atom. The molecule has 2 aliphatic carbocycles. The first kappa shape index (κ1) is 16.3. The van der Waals surface area contributed by atoms with Crippen molar-refractivity contribution < 1.29 is 8.42 Å². The first-order valence-corrected chi connectivity index (χ1v) is 10.1. The van der Waals surface area contributed by atoms with Gasteiger partial charge >= 0.3 is 0 Å². The number of hydrogen-bond donors (Lipinski definition) is 0. The largest absolute Gasteiger partial charge is 0.221 e. The van der Waals surface area contributed by atoms with E-state index in [2.05, 4.69) is 0 Å². The van der Waals surface area contributed by atoms with E-state index in [1.54, 1.807) is 0 Å². The van der Waals surface area contributed by atoms with Gasteiger partial charge in [0, 0.05) is 11.8 Å². The number of benzene rings is 1. The van der Waals surface area contributed by atoms with Crippen LogP contribution in [-0.4, -0.2) is 17.5 Å². The van der Waals surface area contributed by atoms with E-state index in [0.29, 0.717) is 0 Å². The zero-order chi connectivity index (χ0) is 16.9. The topological polar surface area (TPSA) is 34.1 Å². The van der Waals surface area contributed by atoms with E-state index in [1.165, 1.54) is 0 Å². The van der Waals surface area contributed by atoms with Crippen molar-refractivity contribution in [2.45, 2.75) is 34.8 Å². The Hall–Kier alpha value is -0.190. The smallest absolute Gasteiger partial charge is 0.213 e. The molecule has 23 heavy (non-hydrogen) atoms. The average molecular weight is 410 g/mol. The van der Waals surface area contributed by atoms with Crippen molar-refractivity contribution in [1.29, 1.82) is 0 Å². The van der Waals surface area contributed by atoms with E-state index in [4.69, 9.17) is 46.4 Å². The normalized spacial score (nSPS) is 39.7. The minimum atomic E-state index is -4.04. The molecule has 4 atom stereocenters. The summed E-state index contributed by atoms with van der Waals surface area (Å²) in [7, 11) is -4.04. The Balaban J connectivity index is 2.20. The van der Waals surface area contributed by atoms with Gasteiger partial charge in [-0.3, -0.25) is 0 Å². The molecule has 1 saturated carbocycles. The van der Waals surface area contributed by atoms with Crippen LogP contribution in [0.5, 0.6) is 0 Å². The zero-order valence-corrected chi connectivity index (χ0v) is 16.0. The van der Waals surface area contributed by atoms with Gasteiger partial charge in [0.15, 0.2) is 8.57 Å². The van der Waals surface area contributed by atoms with Crippen LogP contribution in [0.3, 0.4) is 0 Å². The Bertz CT molecular complexity index is 929. The first-order chi connectivity index (χ1) is 10.6. The highest BCUT2D eigenvalue weighted by Crippen LogP contribution is 2.78. The Kier molecular flexibility index (Phi) is 3.19. The summed E-state index contributed by atoms with van der Waals surface area (Å²) in [5.41, 5.74) is 3.79. The molecule has 7 heteroatoms. The summed E-state index contributed by atoms with van der Waals surface area (Å²) >= 11 is 26.1. The predicted molar refractivity (Wildman–Crippen MR) is 95.1 cm³/mol. The molecule has 0 saturated heterocycles. The number of fused-ring (bicyclic) bond motifs is 8. The van der Waals surface area contributed by atoms with Crippen LogP contribution in [-0.2, 0) is 9.84 Å². The number of rotatable bonds is 0. The van der Waals surface area contributed by atoms with Gasteiger partial charge in [0.25, 0.3) is 0 Å². The van der Waals surface area contributed by atoms with E-state index < -0.39 is 35.1 Å². The molecule has 1 fully saturated rings. The van der Waals surface area contributed by atoms with E-state index in [1.807, 2.05) is 38.1 Å².